The Morgan fingerprint density at radius 2 is 2.04 bits per heavy atom. The van der Waals surface area contributed by atoms with E-state index in [4.69, 9.17) is 16.3 Å². The number of benzene rings is 2. The number of rotatable bonds is 6. The molecule has 0 spiro atoms. The Bertz CT molecular complexity index is 792. The number of amides is 1. The van der Waals surface area contributed by atoms with Gasteiger partial charge in [-0.05, 0) is 57.1 Å². The summed E-state index contributed by atoms with van der Waals surface area (Å²) in [7, 11) is 0. The van der Waals surface area contributed by atoms with E-state index in [1.165, 1.54) is 6.07 Å². The molecular weight excluding hydrogens is 367 g/mol. The molecule has 0 aliphatic carbocycles. The number of nitrogens with zero attached hydrogens (tertiary/aromatic N) is 1. The third kappa shape index (κ3) is 5.44. The number of piperidine rings is 1. The van der Waals surface area contributed by atoms with Crippen LogP contribution in [0.15, 0.2) is 42.5 Å². The molecule has 1 fully saturated rings. The van der Waals surface area contributed by atoms with Crippen LogP contribution in [-0.4, -0.2) is 30.5 Å². The number of carbonyl (C=O) groups is 1. The molecule has 4 nitrogen and oxygen atoms in total. The molecule has 0 atom stereocenters. The summed E-state index contributed by atoms with van der Waals surface area (Å²) in [5, 5.41) is 3.38. The van der Waals surface area contributed by atoms with Crippen LogP contribution >= 0.6 is 11.6 Å². The summed E-state index contributed by atoms with van der Waals surface area (Å²) < 4.78 is 19.4. The smallest absolute Gasteiger partial charge is 0.227 e. The van der Waals surface area contributed by atoms with Crippen molar-refractivity contribution in [2.45, 2.75) is 26.3 Å². The zero-order chi connectivity index (χ0) is 19.2. The second-order valence-electron chi connectivity index (χ2n) is 6.74. The van der Waals surface area contributed by atoms with Crippen LogP contribution in [0, 0.1) is 11.7 Å². The summed E-state index contributed by atoms with van der Waals surface area (Å²) in [6, 6.07) is 12.2. The molecule has 144 valence electrons. The van der Waals surface area contributed by atoms with E-state index in [-0.39, 0.29) is 17.6 Å². The molecule has 1 aliphatic heterocycles. The number of likely N-dealkylation sites (tertiary alicyclic amines) is 1. The van der Waals surface area contributed by atoms with Gasteiger partial charge in [0.05, 0.1) is 6.61 Å². The zero-order valence-electron chi connectivity index (χ0n) is 15.4. The van der Waals surface area contributed by atoms with E-state index >= 15 is 0 Å². The fourth-order valence-corrected chi connectivity index (χ4v) is 3.48. The van der Waals surface area contributed by atoms with E-state index in [1.807, 2.05) is 31.2 Å². The van der Waals surface area contributed by atoms with Gasteiger partial charge in [0.15, 0.2) is 0 Å². The van der Waals surface area contributed by atoms with Gasteiger partial charge in [0.2, 0.25) is 5.91 Å². The molecule has 0 aromatic heterocycles. The minimum absolute atomic E-state index is 0.0287. The Morgan fingerprint density at radius 1 is 1.26 bits per heavy atom. The van der Waals surface area contributed by atoms with Crippen molar-refractivity contribution in [2.75, 3.05) is 25.0 Å². The minimum Gasteiger partial charge on any atom is -0.494 e. The molecule has 1 aliphatic rings. The van der Waals surface area contributed by atoms with Gasteiger partial charge in [0, 0.05) is 34.8 Å². The van der Waals surface area contributed by atoms with Gasteiger partial charge >= 0.3 is 0 Å². The fraction of sp³-hybridized carbons (Fsp3) is 0.381. The van der Waals surface area contributed by atoms with Gasteiger partial charge in [-0.15, -0.1) is 0 Å². The van der Waals surface area contributed by atoms with Crippen molar-refractivity contribution in [1.29, 1.82) is 0 Å². The quantitative estimate of drug-likeness (QED) is 0.775. The molecule has 0 unspecified atom stereocenters. The normalized spacial score (nSPS) is 15.5. The van der Waals surface area contributed by atoms with Gasteiger partial charge in [0.1, 0.15) is 11.6 Å². The first kappa shape index (κ1) is 19.6. The van der Waals surface area contributed by atoms with Crippen LogP contribution in [0.5, 0.6) is 5.75 Å². The lowest BCUT2D eigenvalue weighted by molar-refractivity contribution is -0.121. The van der Waals surface area contributed by atoms with Gasteiger partial charge in [-0.3, -0.25) is 9.69 Å². The zero-order valence-corrected chi connectivity index (χ0v) is 16.1. The van der Waals surface area contributed by atoms with Crippen molar-refractivity contribution in [2.24, 2.45) is 5.92 Å². The van der Waals surface area contributed by atoms with Crippen molar-refractivity contribution in [3.05, 3.63) is 58.9 Å². The largest absolute Gasteiger partial charge is 0.494 e. The molecule has 1 heterocycles. The molecule has 2 aromatic rings. The van der Waals surface area contributed by atoms with Gasteiger partial charge < -0.3 is 10.1 Å². The number of nitrogens with one attached hydrogen (secondary N) is 1. The molecular formula is C21H24ClFN2O2. The van der Waals surface area contributed by atoms with E-state index in [2.05, 4.69) is 10.2 Å². The number of carbonyl (C=O) groups excluding carboxylic acids is 1. The summed E-state index contributed by atoms with van der Waals surface area (Å²) in [5.74, 6) is 0.458. The van der Waals surface area contributed by atoms with Gasteiger partial charge in [-0.25, -0.2) is 4.39 Å². The number of halogens is 2. The summed E-state index contributed by atoms with van der Waals surface area (Å²) in [4.78, 5) is 14.7. The minimum atomic E-state index is -0.281. The highest BCUT2D eigenvalue weighted by Crippen LogP contribution is 2.24. The predicted octanol–water partition coefficient (Wildman–Crippen LogP) is 4.73. The van der Waals surface area contributed by atoms with Gasteiger partial charge in [-0.1, -0.05) is 23.7 Å². The van der Waals surface area contributed by atoms with Crippen LogP contribution in [-0.2, 0) is 11.3 Å². The number of hydrogen-bond acceptors (Lipinski definition) is 3. The van der Waals surface area contributed by atoms with Crippen molar-refractivity contribution < 1.29 is 13.9 Å². The van der Waals surface area contributed by atoms with Crippen molar-refractivity contribution in [3.63, 3.8) is 0 Å². The molecule has 2 aromatic carbocycles. The first-order valence-electron chi connectivity index (χ1n) is 9.25. The number of hydrogen-bond donors (Lipinski definition) is 1. The monoisotopic (exact) mass is 390 g/mol. The SMILES string of the molecule is CCOc1cccc(NC(=O)C2CCN(Cc3ccc(Cl)cc3F)CC2)c1. The van der Waals surface area contributed by atoms with E-state index in [0.29, 0.717) is 23.7 Å². The van der Waals surface area contributed by atoms with E-state index in [1.54, 1.807) is 12.1 Å². The van der Waals surface area contributed by atoms with Crippen molar-refractivity contribution in [3.8, 4) is 5.75 Å². The highest BCUT2D eigenvalue weighted by molar-refractivity contribution is 6.30. The third-order valence-corrected chi connectivity index (χ3v) is 5.02. The van der Waals surface area contributed by atoms with E-state index in [9.17, 15) is 9.18 Å². The number of anilines is 1. The Hall–Kier alpha value is -2.11. The average Bonchev–Trinajstić information content (AvgIpc) is 2.65. The topological polar surface area (TPSA) is 41.6 Å². The summed E-state index contributed by atoms with van der Waals surface area (Å²) in [5.41, 5.74) is 1.38. The molecule has 1 N–H and O–H groups in total. The van der Waals surface area contributed by atoms with Crippen molar-refractivity contribution >= 4 is 23.2 Å². The van der Waals surface area contributed by atoms with Crippen LogP contribution in [0.3, 0.4) is 0 Å². The van der Waals surface area contributed by atoms with Gasteiger partial charge in [0.25, 0.3) is 0 Å². The molecule has 27 heavy (non-hydrogen) atoms. The Balaban J connectivity index is 1.51. The first-order chi connectivity index (χ1) is 13.0. The van der Waals surface area contributed by atoms with Crippen LogP contribution < -0.4 is 10.1 Å². The average molecular weight is 391 g/mol. The summed E-state index contributed by atoms with van der Waals surface area (Å²) >= 11 is 5.80. The third-order valence-electron chi connectivity index (χ3n) is 4.78. The summed E-state index contributed by atoms with van der Waals surface area (Å²) in [6.07, 6.45) is 1.51. The molecule has 6 heteroatoms. The van der Waals surface area contributed by atoms with Crippen molar-refractivity contribution in [1.82, 2.24) is 4.90 Å². The van der Waals surface area contributed by atoms with Crippen LogP contribution in [0.4, 0.5) is 10.1 Å². The van der Waals surface area contributed by atoms with Crippen LogP contribution in [0.1, 0.15) is 25.3 Å². The van der Waals surface area contributed by atoms with Gasteiger partial charge in [-0.2, -0.15) is 0 Å². The predicted molar refractivity (Wildman–Crippen MR) is 106 cm³/mol. The lowest BCUT2D eigenvalue weighted by atomic mass is 9.95. The molecule has 1 amide bonds. The van der Waals surface area contributed by atoms with Crippen LogP contribution in [0.2, 0.25) is 5.02 Å². The standard InChI is InChI=1S/C21H24ClFN2O2/c1-2-27-19-5-3-4-18(13-19)24-21(26)15-8-10-25(11-9-15)14-16-6-7-17(22)12-20(16)23/h3-7,12-13,15H,2,8-11,14H2,1H3,(H,24,26). The lowest BCUT2D eigenvalue weighted by Crippen LogP contribution is -2.37. The molecule has 0 saturated carbocycles. The van der Waals surface area contributed by atoms with E-state index < -0.39 is 0 Å². The maximum atomic E-state index is 14.0. The second-order valence-corrected chi connectivity index (χ2v) is 7.17. The highest BCUT2D eigenvalue weighted by atomic mass is 35.5. The molecule has 0 radical (unpaired) electrons. The number of ether oxygens (including phenoxy) is 1. The molecule has 3 rings (SSSR count). The Morgan fingerprint density at radius 3 is 2.74 bits per heavy atom. The second kappa shape index (κ2) is 9.20. The Labute approximate surface area is 164 Å². The van der Waals surface area contributed by atoms with E-state index in [0.717, 1.165) is 37.4 Å². The first-order valence-corrected chi connectivity index (χ1v) is 9.63. The lowest BCUT2D eigenvalue weighted by Gasteiger charge is -2.31. The fourth-order valence-electron chi connectivity index (χ4n) is 3.32. The maximum absolute atomic E-state index is 14.0. The molecule has 0 bridgehead atoms. The highest BCUT2D eigenvalue weighted by Gasteiger charge is 2.25. The molecule has 1 saturated heterocycles. The maximum Gasteiger partial charge on any atom is 0.227 e. The van der Waals surface area contributed by atoms with Crippen LogP contribution in [0.25, 0.3) is 0 Å². The Kier molecular flexibility index (Phi) is 6.69. The summed E-state index contributed by atoms with van der Waals surface area (Å²) in [6.45, 7) is 4.57.